The zero-order valence-corrected chi connectivity index (χ0v) is 9.67. The number of amides is 1. The van der Waals surface area contributed by atoms with Crippen LogP contribution in [0.5, 0.6) is 0 Å². The summed E-state index contributed by atoms with van der Waals surface area (Å²) in [5.41, 5.74) is 0.220. The summed E-state index contributed by atoms with van der Waals surface area (Å²) in [4.78, 5) is 11.1. The van der Waals surface area contributed by atoms with Crippen LogP contribution in [0.1, 0.15) is 10.4 Å². The molecule has 0 saturated heterocycles. The molecular formula is C7H5CaNO3S. The van der Waals surface area contributed by atoms with Crippen LogP contribution in [0.4, 0.5) is 0 Å². The predicted octanol–water partition coefficient (Wildman–Crippen LogP) is -0.262. The zero-order chi connectivity index (χ0) is 8.77. The summed E-state index contributed by atoms with van der Waals surface area (Å²) < 4.78 is 24.2. The number of carbonyl (C=O) groups is 1. The van der Waals surface area contributed by atoms with Gasteiger partial charge in [-0.05, 0) is 12.1 Å². The Labute approximate surface area is 105 Å². The van der Waals surface area contributed by atoms with Crippen molar-refractivity contribution in [2.24, 2.45) is 0 Å². The Morgan fingerprint density at radius 3 is 2.38 bits per heavy atom. The number of rotatable bonds is 0. The fourth-order valence-electron chi connectivity index (χ4n) is 1.12. The van der Waals surface area contributed by atoms with E-state index in [1.54, 1.807) is 12.1 Å². The van der Waals surface area contributed by atoms with Gasteiger partial charge in [0.15, 0.2) is 0 Å². The second kappa shape index (κ2) is 3.57. The van der Waals surface area contributed by atoms with Crippen LogP contribution in [0, 0.1) is 0 Å². The topological polar surface area (TPSA) is 63.2 Å². The summed E-state index contributed by atoms with van der Waals surface area (Å²) in [6.45, 7) is 0. The van der Waals surface area contributed by atoms with Crippen molar-refractivity contribution in [3.05, 3.63) is 29.8 Å². The maximum atomic E-state index is 11.1. The van der Waals surface area contributed by atoms with Gasteiger partial charge in [0, 0.05) is 37.7 Å². The molecule has 0 fully saturated rings. The molecule has 0 atom stereocenters. The van der Waals surface area contributed by atoms with E-state index in [1.807, 2.05) is 4.72 Å². The summed E-state index contributed by atoms with van der Waals surface area (Å²) >= 11 is 0. The molecule has 1 amide bonds. The first kappa shape index (κ1) is 11.0. The fourth-order valence-corrected chi connectivity index (χ4v) is 2.29. The van der Waals surface area contributed by atoms with Crippen LogP contribution in [-0.4, -0.2) is 52.1 Å². The Bertz CT molecular complexity index is 455. The first-order chi connectivity index (χ1) is 5.61. The van der Waals surface area contributed by atoms with Crippen molar-refractivity contribution >= 4 is 53.7 Å². The van der Waals surface area contributed by atoms with Crippen LogP contribution < -0.4 is 4.72 Å². The maximum absolute atomic E-state index is 11.1. The third-order valence-electron chi connectivity index (χ3n) is 1.65. The van der Waals surface area contributed by atoms with Gasteiger partial charge in [0.1, 0.15) is 4.90 Å². The molecule has 1 aromatic rings. The molecule has 2 rings (SSSR count). The van der Waals surface area contributed by atoms with Gasteiger partial charge in [-0.3, -0.25) is 4.79 Å². The van der Waals surface area contributed by atoms with Crippen molar-refractivity contribution in [2.75, 3.05) is 0 Å². The molecule has 0 aromatic heterocycles. The standard InChI is InChI=1S/C7H5NO3S.Ca/c9-7-5-3-1-2-4-6(5)12(10,11)8-7;/h1-4H,(H,8,9);. The molecule has 1 aromatic carbocycles. The van der Waals surface area contributed by atoms with Crippen LogP contribution in [-0.2, 0) is 10.0 Å². The van der Waals surface area contributed by atoms with Crippen molar-refractivity contribution in [1.82, 2.24) is 4.72 Å². The van der Waals surface area contributed by atoms with E-state index in [9.17, 15) is 13.2 Å². The molecule has 1 aliphatic heterocycles. The van der Waals surface area contributed by atoms with Gasteiger partial charge in [-0.25, -0.2) is 13.1 Å². The summed E-state index contributed by atoms with van der Waals surface area (Å²) in [5.74, 6) is -0.550. The SMILES string of the molecule is O=C1NS(=O)(=O)c2ccccc21.[Ca]. The van der Waals surface area contributed by atoms with E-state index in [-0.39, 0.29) is 48.2 Å². The third kappa shape index (κ3) is 1.74. The number of carbonyl (C=O) groups excluding carboxylic acids is 1. The number of hydrogen-bond acceptors (Lipinski definition) is 3. The van der Waals surface area contributed by atoms with Crippen LogP contribution in [0.2, 0.25) is 0 Å². The average Bonchev–Trinajstić information content (AvgIpc) is 2.25. The minimum Gasteiger partial charge on any atom is -0.268 e. The first-order valence-electron chi connectivity index (χ1n) is 3.27. The molecule has 0 saturated carbocycles. The molecule has 2 radical (unpaired) electrons. The molecule has 64 valence electrons. The minimum atomic E-state index is -3.55. The van der Waals surface area contributed by atoms with Gasteiger partial charge in [0.25, 0.3) is 15.9 Å². The van der Waals surface area contributed by atoms with Gasteiger partial charge < -0.3 is 0 Å². The van der Waals surface area contributed by atoms with Gasteiger partial charge in [0.05, 0.1) is 5.56 Å². The van der Waals surface area contributed by atoms with E-state index in [0.717, 1.165) is 0 Å². The van der Waals surface area contributed by atoms with Crippen molar-refractivity contribution < 1.29 is 13.2 Å². The quantitative estimate of drug-likeness (QED) is 0.616. The van der Waals surface area contributed by atoms with Crippen molar-refractivity contribution in [2.45, 2.75) is 4.90 Å². The molecule has 1 aliphatic rings. The smallest absolute Gasteiger partial charge is 0.266 e. The molecule has 13 heavy (non-hydrogen) atoms. The normalized spacial score (nSPS) is 17.1. The predicted molar refractivity (Wildman–Crippen MR) is 46.8 cm³/mol. The zero-order valence-electron chi connectivity index (χ0n) is 6.65. The van der Waals surface area contributed by atoms with Crippen molar-refractivity contribution in [1.29, 1.82) is 0 Å². The van der Waals surface area contributed by atoms with E-state index in [2.05, 4.69) is 0 Å². The molecule has 0 aliphatic carbocycles. The number of fused-ring (bicyclic) bond motifs is 1. The molecule has 1 N–H and O–H groups in total. The Morgan fingerprint density at radius 2 is 1.77 bits per heavy atom. The molecule has 0 spiro atoms. The van der Waals surface area contributed by atoms with Crippen LogP contribution >= 0.6 is 0 Å². The number of hydrogen-bond donors (Lipinski definition) is 1. The van der Waals surface area contributed by atoms with Gasteiger partial charge >= 0.3 is 0 Å². The summed E-state index contributed by atoms with van der Waals surface area (Å²) in [6.07, 6.45) is 0. The van der Waals surface area contributed by atoms with Gasteiger partial charge in [-0.2, -0.15) is 0 Å². The van der Waals surface area contributed by atoms with Crippen LogP contribution in [0.15, 0.2) is 29.2 Å². The molecule has 6 heteroatoms. The minimum absolute atomic E-state index is 0. The first-order valence-corrected chi connectivity index (χ1v) is 4.76. The molecule has 0 bridgehead atoms. The molecule has 1 heterocycles. The molecule has 4 nitrogen and oxygen atoms in total. The number of benzene rings is 1. The Hall–Kier alpha value is -0.100. The summed E-state index contributed by atoms with van der Waals surface area (Å²) in [7, 11) is -3.55. The fraction of sp³-hybridized carbons (Fsp3) is 0. The Balaban J connectivity index is 0.000000845. The van der Waals surface area contributed by atoms with Crippen molar-refractivity contribution in [3.63, 3.8) is 0 Å². The Kier molecular flexibility index (Phi) is 3.01. The van der Waals surface area contributed by atoms with E-state index in [4.69, 9.17) is 0 Å². The van der Waals surface area contributed by atoms with E-state index >= 15 is 0 Å². The van der Waals surface area contributed by atoms with E-state index in [0.29, 0.717) is 0 Å². The van der Waals surface area contributed by atoms with Crippen molar-refractivity contribution in [3.8, 4) is 0 Å². The van der Waals surface area contributed by atoms with E-state index < -0.39 is 15.9 Å². The van der Waals surface area contributed by atoms with Gasteiger partial charge in [-0.15, -0.1) is 0 Å². The van der Waals surface area contributed by atoms with Crippen LogP contribution in [0.25, 0.3) is 0 Å². The van der Waals surface area contributed by atoms with E-state index in [1.165, 1.54) is 12.1 Å². The summed E-state index contributed by atoms with van der Waals surface area (Å²) in [6, 6.07) is 6.09. The van der Waals surface area contributed by atoms with Gasteiger partial charge in [0.2, 0.25) is 0 Å². The second-order valence-electron chi connectivity index (χ2n) is 2.43. The number of sulfonamides is 1. The Morgan fingerprint density at radius 1 is 1.15 bits per heavy atom. The average molecular weight is 223 g/mol. The molecule has 0 unspecified atom stereocenters. The van der Waals surface area contributed by atoms with Crippen LogP contribution in [0.3, 0.4) is 0 Å². The van der Waals surface area contributed by atoms with Gasteiger partial charge in [-0.1, -0.05) is 12.1 Å². The molecular weight excluding hydrogens is 218 g/mol. The maximum Gasteiger partial charge on any atom is 0.266 e. The summed E-state index contributed by atoms with van der Waals surface area (Å²) in [5, 5.41) is 0. The number of nitrogens with one attached hydrogen (secondary N) is 1. The second-order valence-corrected chi connectivity index (χ2v) is 4.08. The third-order valence-corrected chi connectivity index (χ3v) is 3.04. The largest absolute Gasteiger partial charge is 0.268 e. The monoisotopic (exact) mass is 223 g/mol.